The summed E-state index contributed by atoms with van der Waals surface area (Å²) in [4.78, 5) is 0. The topological polar surface area (TPSA) is 18.5 Å². The first-order valence-corrected chi connectivity index (χ1v) is 4.89. The predicted octanol–water partition coefficient (Wildman–Crippen LogP) is 2.46. The van der Waals surface area contributed by atoms with E-state index in [0.717, 1.165) is 0 Å². The van der Waals surface area contributed by atoms with Crippen molar-refractivity contribution in [3.8, 4) is 5.75 Å². The summed E-state index contributed by atoms with van der Waals surface area (Å²) in [6.07, 6.45) is 0. The number of hydrogen-bond acceptors (Lipinski definition) is 2. The lowest BCUT2D eigenvalue weighted by atomic mass is 10.3. The first kappa shape index (κ1) is 11.3. The zero-order valence-electron chi connectivity index (χ0n) is 7.71. The van der Waals surface area contributed by atoms with Crippen molar-refractivity contribution in [2.24, 2.45) is 0 Å². The van der Waals surface area contributed by atoms with Gasteiger partial charge in [0.25, 0.3) is 0 Å². The molecule has 4 heteroatoms. The number of benzene rings is 1. The maximum Gasteiger partial charge on any atom is 0.165 e. The molecule has 1 aromatic carbocycles. The molecule has 0 bridgehead atoms. The fourth-order valence-corrected chi connectivity index (χ4v) is 1.04. The molecule has 0 radical (unpaired) electrons. The fraction of sp³-hybridized carbons (Fsp3) is 0.400. The average molecular weight is 219 g/mol. The Hall–Kier alpha value is -0.800. The van der Waals surface area contributed by atoms with Crippen molar-refractivity contribution in [2.45, 2.75) is 0 Å². The smallest absolute Gasteiger partial charge is 0.165 e. The lowest BCUT2D eigenvalue weighted by Crippen LogP contribution is -2.08. The fourth-order valence-electron chi connectivity index (χ4n) is 0.929. The Labute approximate surface area is 87.6 Å². The van der Waals surface area contributed by atoms with Crippen molar-refractivity contribution in [2.75, 3.05) is 25.7 Å². The van der Waals surface area contributed by atoms with Crippen molar-refractivity contribution in [3.63, 3.8) is 0 Å². The molecule has 0 aliphatic rings. The zero-order chi connectivity index (χ0) is 10.2. The standard InChI is InChI=1S/C10H12ClFO2/c11-5-6-13-7-8-14-10-4-2-1-3-9(10)12/h1-4H,5-8H2. The third kappa shape index (κ3) is 3.94. The highest BCUT2D eigenvalue weighted by molar-refractivity contribution is 6.17. The van der Waals surface area contributed by atoms with Gasteiger partial charge in [-0.25, -0.2) is 4.39 Å². The summed E-state index contributed by atoms with van der Waals surface area (Å²) in [5.74, 6) is 0.353. The van der Waals surface area contributed by atoms with Gasteiger partial charge < -0.3 is 9.47 Å². The van der Waals surface area contributed by atoms with Crippen LogP contribution < -0.4 is 4.74 Å². The quantitative estimate of drug-likeness (QED) is 0.540. The molecule has 0 aromatic heterocycles. The summed E-state index contributed by atoms with van der Waals surface area (Å²) in [6.45, 7) is 1.24. The van der Waals surface area contributed by atoms with Crippen LogP contribution >= 0.6 is 11.6 Å². The number of rotatable bonds is 6. The lowest BCUT2D eigenvalue weighted by molar-refractivity contribution is 0.110. The van der Waals surface area contributed by atoms with Crippen LogP contribution in [0, 0.1) is 5.82 Å². The molecule has 14 heavy (non-hydrogen) atoms. The molecule has 0 atom stereocenters. The molecule has 0 aliphatic carbocycles. The molecule has 1 rings (SSSR count). The second-order valence-corrected chi connectivity index (χ2v) is 2.96. The monoisotopic (exact) mass is 218 g/mol. The number of ether oxygens (including phenoxy) is 2. The molecule has 0 fully saturated rings. The SMILES string of the molecule is Fc1ccccc1OCCOCCCl. The normalized spacial score (nSPS) is 10.1. The largest absolute Gasteiger partial charge is 0.488 e. The summed E-state index contributed by atoms with van der Waals surface area (Å²) in [6, 6.07) is 6.27. The second kappa shape index (κ2) is 6.62. The number of para-hydroxylation sites is 1. The van der Waals surface area contributed by atoms with Crippen LogP contribution in [0.2, 0.25) is 0 Å². The molecule has 0 N–H and O–H groups in total. The van der Waals surface area contributed by atoms with Crippen molar-refractivity contribution < 1.29 is 13.9 Å². The summed E-state index contributed by atoms with van der Waals surface area (Å²) in [7, 11) is 0. The molecule has 0 saturated heterocycles. The van der Waals surface area contributed by atoms with Gasteiger partial charge in [0, 0.05) is 5.88 Å². The molecule has 0 amide bonds. The summed E-state index contributed by atoms with van der Waals surface area (Å²) >= 11 is 5.40. The molecule has 0 aliphatic heterocycles. The van der Waals surface area contributed by atoms with E-state index in [1.807, 2.05) is 0 Å². The van der Waals surface area contributed by atoms with Gasteiger partial charge in [-0.15, -0.1) is 11.6 Å². The summed E-state index contributed by atoms with van der Waals surface area (Å²) < 4.78 is 23.2. The molecular weight excluding hydrogens is 207 g/mol. The number of alkyl halides is 1. The van der Waals surface area contributed by atoms with Gasteiger partial charge in [0.05, 0.1) is 13.2 Å². The molecule has 0 heterocycles. The Morgan fingerprint density at radius 1 is 1.14 bits per heavy atom. The highest BCUT2D eigenvalue weighted by Gasteiger charge is 1.99. The first-order valence-electron chi connectivity index (χ1n) is 4.35. The van der Waals surface area contributed by atoms with Crippen LogP contribution in [0.3, 0.4) is 0 Å². The van der Waals surface area contributed by atoms with E-state index < -0.39 is 0 Å². The molecule has 0 unspecified atom stereocenters. The minimum Gasteiger partial charge on any atom is -0.488 e. The maximum atomic E-state index is 13.0. The van der Waals surface area contributed by atoms with Gasteiger partial charge in [-0.05, 0) is 12.1 Å². The molecule has 2 nitrogen and oxygen atoms in total. The van der Waals surface area contributed by atoms with Crippen LogP contribution in [0.1, 0.15) is 0 Å². The Morgan fingerprint density at radius 2 is 1.93 bits per heavy atom. The zero-order valence-corrected chi connectivity index (χ0v) is 8.47. The van der Waals surface area contributed by atoms with Crippen LogP contribution in [-0.4, -0.2) is 25.7 Å². The Balaban J connectivity index is 2.21. The second-order valence-electron chi connectivity index (χ2n) is 2.58. The number of hydrogen-bond donors (Lipinski definition) is 0. The van der Waals surface area contributed by atoms with Gasteiger partial charge in [-0.3, -0.25) is 0 Å². The van der Waals surface area contributed by atoms with E-state index in [9.17, 15) is 4.39 Å². The van der Waals surface area contributed by atoms with Gasteiger partial charge in [-0.2, -0.15) is 0 Å². The Morgan fingerprint density at radius 3 is 2.64 bits per heavy atom. The highest BCUT2D eigenvalue weighted by Crippen LogP contribution is 2.14. The van der Waals surface area contributed by atoms with Crippen molar-refractivity contribution in [3.05, 3.63) is 30.1 Å². The van der Waals surface area contributed by atoms with Gasteiger partial charge in [0.1, 0.15) is 6.61 Å². The molecule has 1 aromatic rings. The van der Waals surface area contributed by atoms with Crippen LogP contribution in [0.25, 0.3) is 0 Å². The van der Waals surface area contributed by atoms with Crippen LogP contribution in [0.15, 0.2) is 24.3 Å². The minimum absolute atomic E-state index is 0.252. The molecule has 0 saturated carbocycles. The van der Waals surface area contributed by atoms with Gasteiger partial charge >= 0.3 is 0 Å². The van der Waals surface area contributed by atoms with Gasteiger partial charge in [0.15, 0.2) is 11.6 Å². The van der Waals surface area contributed by atoms with E-state index in [0.29, 0.717) is 25.7 Å². The number of halogens is 2. The summed E-state index contributed by atoms with van der Waals surface area (Å²) in [5.41, 5.74) is 0. The molecule has 0 spiro atoms. The average Bonchev–Trinajstić information content (AvgIpc) is 2.20. The lowest BCUT2D eigenvalue weighted by Gasteiger charge is -2.06. The Kier molecular flexibility index (Phi) is 5.33. The first-order chi connectivity index (χ1) is 6.84. The van der Waals surface area contributed by atoms with Crippen LogP contribution in [-0.2, 0) is 4.74 Å². The highest BCUT2D eigenvalue weighted by atomic mass is 35.5. The van der Waals surface area contributed by atoms with E-state index in [1.54, 1.807) is 18.2 Å². The van der Waals surface area contributed by atoms with E-state index in [-0.39, 0.29) is 11.6 Å². The van der Waals surface area contributed by atoms with Crippen molar-refractivity contribution in [1.82, 2.24) is 0 Å². The van der Waals surface area contributed by atoms with Gasteiger partial charge in [0.2, 0.25) is 0 Å². The molecular formula is C10H12ClFO2. The van der Waals surface area contributed by atoms with Crippen molar-refractivity contribution in [1.29, 1.82) is 0 Å². The predicted molar refractivity (Wildman–Crippen MR) is 53.4 cm³/mol. The minimum atomic E-state index is -0.357. The van der Waals surface area contributed by atoms with Crippen LogP contribution in [0.4, 0.5) is 4.39 Å². The van der Waals surface area contributed by atoms with E-state index in [1.165, 1.54) is 6.07 Å². The van der Waals surface area contributed by atoms with Gasteiger partial charge in [-0.1, -0.05) is 12.1 Å². The van der Waals surface area contributed by atoms with E-state index in [4.69, 9.17) is 21.1 Å². The van der Waals surface area contributed by atoms with E-state index >= 15 is 0 Å². The maximum absolute atomic E-state index is 13.0. The third-order valence-corrected chi connectivity index (χ3v) is 1.70. The van der Waals surface area contributed by atoms with Crippen LogP contribution in [0.5, 0.6) is 5.75 Å². The summed E-state index contributed by atoms with van der Waals surface area (Å²) in [5, 5.41) is 0. The van der Waals surface area contributed by atoms with E-state index in [2.05, 4.69) is 0 Å². The third-order valence-electron chi connectivity index (χ3n) is 1.54. The molecule has 78 valence electrons. The van der Waals surface area contributed by atoms with Crippen molar-refractivity contribution >= 4 is 11.6 Å². The Bertz CT molecular complexity index is 268.